The molecule has 138 valence electrons. The zero-order chi connectivity index (χ0) is 17.7. The average molecular weight is 339 g/mol. The van der Waals surface area contributed by atoms with Crippen molar-refractivity contribution in [3.8, 4) is 0 Å². The molecular formula is C19H36N3O2+. The summed E-state index contributed by atoms with van der Waals surface area (Å²) in [6.45, 7) is 10.6. The van der Waals surface area contributed by atoms with Crippen molar-refractivity contribution >= 4 is 11.8 Å². The number of amides is 2. The highest BCUT2D eigenvalue weighted by Crippen LogP contribution is 2.23. The molecule has 1 aliphatic carbocycles. The average Bonchev–Trinajstić information content (AvgIpc) is 2.50. The largest absolute Gasteiger partial charge is 0.352 e. The van der Waals surface area contributed by atoms with Crippen molar-refractivity contribution in [3.05, 3.63) is 0 Å². The van der Waals surface area contributed by atoms with Gasteiger partial charge in [-0.15, -0.1) is 0 Å². The van der Waals surface area contributed by atoms with Gasteiger partial charge < -0.3 is 15.5 Å². The minimum atomic E-state index is -0.333. The summed E-state index contributed by atoms with van der Waals surface area (Å²) in [4.78, 5) is 25.7. The molecule has 1 saturated heterocycles. The highest BCUT2D eigenvalue weighted by molar-refractivity contribution is 5.81. The number of quaternary nitrogens is 1. The Morgan fingerprint density at radius 3 is 2.21 bits per heavy atom. The molecular weight excluding hydrogens is 302 g/mol. The number of carbonyl (C=O) groups is 2. The normalized spacial score (nSPS) is 31.3. The van der Waals surface area contributed by atoms with Crippen LogP contribution in [0.2, 0.25) is 0 Å². The Kier molecular flexibility index (Phi) is 6.67. The van der Waals surface area contributed by atoms with Gasteiger partial charge in [0.15, 0.2) is 6.54 Å². The number of hydrogen-bond acceptors (Lipinski definition) is 2. The molecule has 2 amide bonds. The van der Waals surface area contributed by atoms with Crippen molar-refractivity contribution in [2.45, 2.75) is 78.3 Å². The number of likely N-dealkylation sites (tertiary alicyclic amines) is 1. The van der Waals surface area contributed by atoms with Crippen LogP contribution in [0.1, 0.15) is 66.2 Å². The first-order valence-electron chi connectivity index (χ1n) is 9.69. The molecule has 1 saturated carbocycles. The van der Waals surface area contributed by atoms with Gasteiger partial charge in [-0.2, -0.15) is 0 Å². The maximum Gasteiger partial charge on any atom is 0.275 e. The van der Waals surface area contributed by atoms with Crippen LogP contribution in [0.4, 0.5) is 0 Å². The first-order chi connectivity index (χ1) is 11.3. The summed E-state index contributed by atoms with van der Waals surface area (Å²) in [7, 11) is 0. The minimum Gasteiger partial charge on any atom is -0.352 e. The summed E-state index contributed by atoms with van der Waals surface area (Å²) in [6, 6.07) is 0.635. The van der Waals surface area contributed by atoms with E-state index >= 15 is 0 Å². The highest BCUT2D eigenvalue weighted by atomic mass is 16.2. The van der Waals surface area contributed by atoms with Crippen LogP contribution in [0.3, 0.4) is 0 Å². The number of hydrogen-bond donors (Lipinski definition) is 3. The second-order valence-electron chi connectivity index (χ2n) is 8.86. The molecule has 2 fully saturated rings. The fourth-order valence-electron chi connectivity index (χ4n) is 3.76. The van der Waals surface area contributed by atoms with E-state index in [1.165, 1.54) is 24.2 Å². The summed E-state index contributed by atoms with van der Waals surface area (Å²) in [5.41, 5.74) is -0.333. The molecule has 0 aromatic rings. The molecule has 5 heteroatoms. The maximum absolute atomic E-state index is 12.3. The third-order valence-electron chi connectivity index (χ3n) is 5.58. The molecule has 0 radical (unpaired) electrons. The monoisotopic (exact) mass is 338 g/mol. The molecule has 5 nitrogen and oxygen atoms in total. The van der Waals surface area contributed by atoms with Crippen molar-refractivity contribution in [1.29, 1.82) is 0 Å². The predicted octanol–water partition coefficient (Wildman–Crippen LogP) is 0.891. The van der Waals surface area contributed by atoms with E-state index in [-0.39, 0.29) is 23.3 Å². The molecule has 0 aromatic heterocycles. The molecule has 1 heterocycles. The lowest BCUT2D eigenvalue weighted by Crippen LogP contribution is -3.14. The zero-order valence-electron chi connectivity index (χ0n) is 15.9. The molecule has 24 heavy (non-hydrogen) atoms. The third-order valence-corrected chi connectivity index (χ3v) is 5.58. The van der Waals surface area contributed by atoms with Crippen molar-refractivity contribution in [2.75, 3.05) is 19.6 Å². The first-order valence-corrected chi connectivity index (χ1v) is 9.69. The lowest BCUT2D eigenvalue weighted by Gasteiger charge is -2.32. The number of carbonyl (C=O) groups excluding carboxylic acids is 2. The Hall–Kier alpha value is -1.10. The van der Waals surface area contributed by atoms with Crippen molar-refractivity contribution < 1.29 is 14.5 Å². The van der Waals surface area contributed by atoms with E-state index in [2.05, 4.69) is 17.6 Å². The van der Waals surface area contributed by atoms with E-state index in [1.54, 1.807) is 0 Å². The molecule has 0 bridgehead atoms. The van der Waals surface area contributed by atoms with Crippen LogP contribution in [0.15, 0.2) is 0 Å². The van der Waals surface area contributed by atoms with E-state index in [1.807, 2.05) is 20.8 Å². The summed E-state index contributed by atoms with van der Waals surface area (Å²) in [6.07, 6.45) is 6.82. The van der Waals surface area contributed by atoms with Gasteiger partial charge in [0, 0.05) is 30.3 Å². The van der Waals surface area contributed by atoms with Crippen LogP contribution in [0.5, 0.6) is 0 Å². The topological polar surface area (TPSA) is 62.6 Å². The van der Waals surface area contributed by atoms with Crippen molar-refractivity contribution in [3.63, 3.8) is 0 Å². The van der Waals surface area contributed by atoms with Gasteiger partial charge in [-0.05, 0) is 18.8 Å². The van der Waals surface area contributed by atoms with Gasteiger partial charge in [0.2, 0.25) is 5.91 Å². The standard InChI is InChI=1S/C19H35N3O2/c1-14-7-5-6-8-16(14)21-17(23)13-22-11-9-15(10-12-22)20-18(24)19(2,3)4/h14-16H,5-13H2,1-4H3,(H,20,24)(H,21,23)/p+1/t14-,16+/m1/s1. The van der Waals surface area contributed by atoms with Crippen LogP contribution in [0, 0.1) is 11.3 Å². The SMILES string of the molecule is C[C@@H]1CCCC[C@@H]1NC(=O)C[NH+]1CCC(NC(=O)C(C)(C)C)CC1. The second kappa shape index (κ2) is 8.32. The molecule has 0 aromatic carbocycles. The summed E-state index contributed by atoms with van der Waals surface area (Å²) >= 11 is 0. The number of rotatable bonds is 4. The summed E-state index contributed by atoms with van der Waals surface area (Å²) in [5.74, 6) is 0.928. The quantitative estimate of drug-likeness (QED) is 0.713. The van der Waals surface area contributed by atoms with E-state index < -0.39 is 0 Å². The van der Waals surface area contributed by atoms with Gasteiger partial charge in [0.05, 0.1) is 13.1 Å². The van der Waals surface area contributed by atoms with Gasteiger partial charge >= 0.3 is 0 Å². The second-order valence-corrected chi connectivity index (χ2v) is 8.86. The molecule has 0 spiro atoms. The lowest BCUT2D eigenvalue weighted by atomic mass is 9.86. The van der Waals surface area contributed by atoms with E-state index in [4.69, 9.17) is 0 Å². The van der Waals surface area contributed by atoms with Crippen LogP contribution < -0.4 is 15.5 Å². The molecule has 3 N–H and O–H groups in total. The minimum absolute atomic E-state index is 0.125. The maximum atomic E-state index is 12.3. The van der Waals surface area contributed by atoms with Crippen LogP contribution in [0.25, 0.3) is 0 Å². The van der Waals surface area contributed by atoms with E-state index in [0.29, 0.717) is 18.5 Å². The van der Waals surface area contributed by atoms with E-state index in [9.17, 15) is 9.59 Å². The fourth-order valence-corrected chi connectivity index (χ4v) is 3.76. The Bertz CT molecular complexity index is 436. The number of piperidine rings is 1. The molecule has 1 aliphatic heterocycles. The van der Waals surface area contributed by atoms with Crippen molar-refractivity contribution in [1.82, 2.24) is 10.6 Å². The van der Waals surface area contributed by atoms with Gasteiger partial charge in [0.25, 0.3) is 5.91 Å². The van der Waals surface area contributed by atoms with E-state index in [0.717, 1.165) is 32.4 Å². The first kappa shape index (κ1) is 19.2. The van der Waals surface area contributed by atoms with Gasteiger partial charge in [-0.3, -0.25) is 9.59 Å². The van der Waals surface area contributed by atoms with Crippen LogP contribution in [-0.4, -0.2) is 43.5 Å². The molecule has 0 unspecified atom stereocenters. The lowest BCUT2D eigenvalue weighted by molar-refractivity contribution is -0.897. The zero-order valence-corrected chi connectivity index (χ0v) is 15.9. The molecule has 2 aliphatic rings. The highest BCUT2D eigenvalue weighted by Gasteiger charge is 2.29. The Morgan fingerprint density at radius 1 is 1.00 bits per heavy atom. The summed E-state index contributed by atoms with van der Waals surface area (Å²) < 4.78 is 0. The molecule has 2 rings (SSSR count). The smallest absolute Gasteiger partial charge is 0.275 e. The Labute approximate surface area is 146 Å². The Morgan fingerprint density at radius 2 is 1.62 bits per heavy atom. The predicted molar refractivity (Wildman–Crippen MR) is 95.7 cm³/mol. The van der Waals surface area contributed by atoms with Crippen molar-refractivity contribution in [2.24, 2.45) is 11.3 Å². The third kappa shape index (κ3) is 5.76. The van der Waals surface area contributed by atoms with Crippen LogP contribution in [-0.2, 0) is 9.59 Å². The van der Waals surface area contributed by atoms with Gasteiger partial charge in [-0.1, -0.05) is 40.5 Å². The molecule has 2 atom stereocenters. The fraction of sp³-hybridized carbons (Fsp3) is 0.895. The number of nitrogens with one attached hydrogen (secondary N) is 3. The van der Waals surface area contributed by atoms with Gasteiger partial charge in [0.1, 0.15) is 0 Å². The van der Waals surface area contributed by atoms with Gasteiger partial charge in [-0.25, -0.2) is 0 Å². The summed E-state index contributed by atoms with van der Waals surface area (Å²) in [5, 5.41) is 6.40. The Balaban J connectivity index is 1.69. The van der Waals surface area contributed by atoms with Crippen LogP contribution >= 0.6 is 0 Å².